The molecule has 1 unspecified atom stereocenters. The van der Waals surface area contributed by atoms with Crippen LogP contribution in [0.2, 0.25) is 0 Å². The van der Waals surface area contributed by atoms with Gasteiger partial charge < -0.3 is 15.2 Å². The van der Waals surface area contributed by atoms with E-state index in [-0.39, 0.29) is 0 Å². The summed E-state index contributed by atoms with van der Waals surface area (Å²) in [6.45, 7) is 4.12. The molecular formula is C18H16N2O3. The second-order valence-electron chi connectivity index (χ2n) is 5.93. The number of nitrogens with zero attached hydrogens (tertiary/aromatic N) is 1. The molecule has 0 saturated heterocycles. The van der Waals surface area contributed by atoms with Crippen LogP contribution in [-0.2, 0) is 10.3 Å². The van der Waals surface area contributed by atoms with Gasteiger partial charge in [0, 0.05) is 16.7 Å². The predicted molar refractivity (Wildman–Crippen MR) is 86.2 cm³/mol. The number of carbonyl (C=O) groups excluding carboxylic acids is 1. The zero-order chi connectivity index (χ0) is 16.2. The molecule has 2 heterocycles. The van der Waals surface area contributed by atoms with Crippen molar-refractivity contribution in [2.24, 2.45) is 10.7 Å². The molecular weight excluding hydrogens is 292 g/mol. The third-order valence-electron chi connectivity index (χ3n) is 4.59. The summed E-state index contributed by atoms with van der Waals surface area (Å²) in [5, 5.41) is 0. The third-order valence-corrected chi connectivity index (χ3v) is 4.59. The van der Waals surface area contributed by atoms with Gasteiger partial charge in [-0.15, -0.1) is 0 Å². The number of nitrogens with two attached hydrogens (primary N) is 1. The first kappa shape index (κ1) is 13.8. The zero-order valence-electron chi connectivity index (χ0n) is 12.9. The molecule has 5 heteroatoms. The second-order valence-corrected chi connectivity index (χ2v) is 5.93. The summed E-state index contributed by atoms with van der Waals surface area (Å²) in [7, 11) is 0. The van der Waals surface area contributed by atoms with Gasteiger partial charge in [0.2, 0.25) is 5.91 Å². The first-order chi connectivity index (χ1) is 11.0. The number of rotatable bonds is 1. The molecule has 23 heavy (non-hydrogen) atoms. The van der Waals surface area contributed by atoms with Gasteiger partial charge in [0.15, 0.2) is 11.9 Å². The number of primary amides is 1. The molecule has 1 atom stereocenters. The predicted octanol–water partition coefficient (Wildman–Crippen LogP) is 2.81. The monoisotopic (exact) mass is 308 g/mol. The number of aliphatic imine (C=N–C) groups is 1. The van der Waals surface area contributed by atoms with Crippen LogP contribution in [0.25, 0.3) is 0 Å². The summed E-state index contributed by atoms with van der Waals surface area (Å²) in [5.41, 5.74) is 8.79. The summed E-state index contributed by atoms with van der Waals surface area (Å²) < 4.78 is 11.6. The van der Waals surface area contributed by atoms with Crippen LogP contribution in [0.5, 0.6) is 11.5 Å². The lowest BCUT2D eigenvalue weighted by Gasteiger charge is -2.35. The Hall–Kier alpha value is -2.82. The number of amides is 1. The Bertz CT molecular complexity index is 873. The summed E-state index contributed by atoms with van der Waals surface area (Å²) in [6, 6.07) is 9.62. The smallest absolute Gasteiger partial charge is 0.249 e. The second kappa shape index (κ2) is 4.59. The molecule has 0 radical (unpaired) electrons. The molecule has 1 amide bonds. The Morgan fingerprint density at radius 1 is 1.26 bits per heavy atom. The fourth-order valence-corrected chi connectivity index (χ4v) is 3.68. The van der Waals surface area contributed by atoms with E-state index in [2.05, 4.69) is 4.99 Å². The summed E-state index contributed by atoms with van der Waals surface area (Å²) >= 11 is 0. The Balaban J connectivity index is 2.09. The van der Waals surface area contributed by atoms with Gasteiger partial charge in [-0.3, -0.25) is 4.79 Å². The minimum atomic E-state index is -0.688. The molecule has 2 aromatic carbocycles. The van der Waals surface area contributed by atoms with E-state index in [0.29, 0.717) is 17.9 Å². The van der Waals surface area contributed by atoms with Crippen LogP contribution in [0.3, 0.4) is 0 Å². The minimum Gasteiger partial charge on any atom is -0.480 e. The molecule has 0 fully saturated rings. The van der Waals surface area contributed by atoms with Crippen molar-refractivity contribution in [1.29, 1.82) is 0 Å². The summed E-state index contributed by atoms with van der Waals surface area (Å²) in [5.74, 6) is 1.01. The van der Waals surface area contributed by atoms with Crippen LogP contribution < -0.4 is 10.5 Å². The highest BCUT2D eigenvalue weighted by molar-refractivity contribution is 5.97. The van der Waals surface area contributed by atoms with Crippen LogP contribution in [-0.4, -0.2) is 18.9 Å². The van der Waals surface area contributed by atoms with Gasteiger partial charge in [-0.2, -0.15) is 0 Å². The molecule has 116 valence electrons. The lowest BCUT2D eigenvalue weighted by Crippen LogP contribution is -2.33. The first-order valence-electron chi connectivity index (χ1n) is 7.42. The highest BCUT2D eigenvalue weighted by Gasteiger charge is 2.46. The van der Waals surface area contributed by atoms with E-state index in [9.17, 15) is 4.79 Å². The molecule has 2 aromatic rings. The highest BCUT2D eigenvalue weighted by atomic mass is 16.5. The number of benzene rings is 2. The SMILES string of the molecule is Cc1cc2c(c(C)c1C(N)=O)C1(COC=N1)c1ccccc1O2. The molecule has 0 saturated carbocycles. The molecule has 2 N–H and O–H groups in total. The Morgan fingerprint density at radius 3 is 2.74 bits per heavy atom. The number of hydrogen-bond donors (Lipinski definition) is 1. The van der Waals surface area contributed by atoms with Gasteiger partial charge in [-0.1, -0.05) is 18.2 Å². The van der Waals surface area contributed by atoms with E-state index in [4.69, 9.17) is 15.2 Å². The van der Waals surface area contributed by atoms with E-state index < -0.39 is 11.4 Å². The van der Waals surface area contributed by atoms with Gasteiger partial charge in [0.05, 0.1) is 0 Å². The molecule has 0 aromatic heterocycles. The standard InChI is InChI=1S/C18H16N2O3/c1-10-7-14-16(11(2)15(10)17(19)21)18(8-22-9-20-18)12-5-3-4-6-13(12)23-14/h3-7,9H,8H2,1-2H3,(H2,19,21). The maximum absolute atomic E-state index is 11.9. The number of aryl methyl sites for hydroxylation is 1. The number of hydrogen-bond acceptors (Lipinski definition) is 4. The van der Waals surface area contributed by atoms with Crippen molar-refractivity contribution in [1.82, 2.24) is 0 Å². The minimum absolute atomic E-state index is 0.377. The highest BCUT2D eigenvalue weighted by Crippen LogP contribution is 2.52. The van der Waals surface area contributed by atoms with Crippen LogP contribution >= 0.6 is 0 Å². The molecule has 0 aliphatic carbocycles. The van der Waals surface area contributed by atoms with Gasteiger partial charge in [-0.25, -0.2) is 4.99 Å². The molecule has 5 nitrogen and oxygen atoms in total. The molecule has 4 rings (SSSR count). The van der Waals surface area contributed by atoms with Crippen LogP contribution in [0.1, 0.15) is 32.6 Å². The topological polar surface area (TPSA) is 73.9 Å². The molecule has 0 bridgehead atoms. The van der Waals surface area contributed by atoms with Crippen molar-refractivity contribution < 1.29 is 14.3 Å². The Kier molecular flexibility index (Phi) is 2.75. The van der Waals surface area contributed by atoms with Crippen molar-refractivity contribution in [3.63, 3.8) is 0 Å². The first-order valence-corrected chi connectivity index (χ1v) is 7.42. The maximum Gasteiger partial charge on any atom is 0.249 e. The van der Waals surface area contributed by atoms with Crippen LogP contribution in [0.15, 0.2) is 35.3 Å². The lowest BCUT2D eigenvalue weighted by molar-refractivity contribution is 0.0999. The molecule has 2 aliphatic rings. The normalized spacial score (nSPS) is 20.6. The quantitative estimate of drug-likeness (QED) is 0.880. The summed E-state index contributed by atoms with van der Waals surface area (Å²) in [4.78, 5) is 16.5. The third kappa shape index (κ3) is 1.73. The van der Waals surface area contributed by atoms with E-state index >= 15 is 0 Å². The lowest BCUT2D eigenvalue weighted by atomic mass is 9.77. The fraction of sp³-hybridized carbons (Fsp3) is 0.222. The van der Waals surface area contributed by atoms with E-state index in [1.807, 2.05) is 44.2 Å². The van der Waals surface area contributed by atoms with Crippen LogP contribution in [0, 0.1) is 13.8 Å². The fourth-order valence-electron chi connectivity index (χ4n) is 3.68. The van der Waals surface area contributed by atoms with Gasteiger partial charge in [0.1, 0.15) is 18.1 Å². The van der Waals surface area contributed by atoms with Crippen molar-refractivity contribution in [3.05, 3.63) is 58.1 Å². The average Bonchev–Trinajstić information content (AvgIpc) is 2.96. The zero-order valence-corrected chi connectivity index (χ0v) is 12.9. The number of carbonyl (C=O) groups is 1. The number of ether oxygens (including phenoxy) is 2. The molecule has 2 aliphatic heterocycles. The Labute approximate surface area is 133 Å². The van der Waals surface area contributed by atoms with E-state index in [0.717, 1.165) is 28.0 Å². The van der Waals surface area contributed by atoms with Crippen molar-refractivity contribution in [2.75, 3.05) is 6.61 Å². The number of para-hydroxylation sites is 1. The average molecular weight is 308 g/mol. The van der Waals surface area contributed by atoms with Crippen molar-refractivity contribution in [2.45, 2.75) is 19.4 Å². The van der Waals surface area contributed by atoms with Crippen molar-refractivity contribution >= 4 is 12.3 Å². The number of fused-ring (bicyclic) bond motifs is 4. The van der Waals surface area contributed by atoms with E-state index in [1.165, 1.54) is 6.40 Å². The van der Waals surface area contributed by atoms with Crippen LogP contribution in [0.4, 0.5) is 0 Å². The van der Waals surface area contributed by atoms with Gasteiger partial charge in [-0.05, 0) is 37.1 Å². The maximum atomic E-state index is 11.9. The van der Waals surface area contributed by atoms with Crippen molar-refractivity contribution in [3.8, 4) is 11.5 Å². The summed E-state index contributed by atoms with van der Waals surface area (Å²) in [6.07, 6.45) is 1.47. The van der Waals surface area contributed by atoms with Gasteiger partial charge in [0.25, 0.3) is 0 Å². The molecule has 1 spiro atoms. The van der Waals surface area contributed by atoms with E-state index in [1.54, 1.807) is 0 Å². The largest absolute Gasteiger partial charge is 0.480 e. The Morgan fingerprint density at radius 2 is 2.04 bits per heavy atom. The van der Waals surface area contributed by atoms with Gasteiger partial charge >= 0.3 is 0 Å².